The molecule has 1 atom stereocenters. The Labute approximate surface area is 147 Å². The monoisotopic (exact) mass is 359 g/mol. The second kappa shape index (κ2) is 6.61. The van der Waals surface area contributed by atoms with E-state index in [-0.39, 0.29) is 5.91 Å². The molecule has 1 fully saturated rings. The van der Waals surface area contributed by atoms with E-state index in [9.17, 15) is 14.4 Å². The molecule has 1 aliphatic heterocycles. The van der Waals surface area contributed by atoms with Gasteiger partial charge in [0, 0.05) is 17.5 Å². The fourth-order valence-electron chi connectivity index (χ4n) is 2.50. The van der Waals surface area contributed by atoms with Gasteiger partial charge in [0.15, 0.2) is 0 Å². The van der Waals surface area contributed by atoms with Crippen LogP contribution in [-0.4, -0.2) is 29.4 Å². The van der Waals surface area contributed by atoms with Crippen LogP contribution in [0, 0.1) is 0 Å². The molecule has 2 heterocycles. The number of thiazole rings is 1. The Bertz CT molecular complexity index is 850. The molecule has 1 saturated heterocycles. The van der Waals surface area contributed by atoms with Crippen LogP contribution >= 0.6 is 11.3 Å². The van der Waals surface area contributed by atoms with Crippen molar-refractivity contribution in [2.45, 2.75) is 18.9 Å². The average Bonchev–Trinajstić information content (AvgIpc) is 3.13. The highest BCUT2D eigenvalue weighted by molar-refractivity contribution is 7.09. The first-order valence-corrected chi connectivity index (χ1v) is 8.50. The fraction of sp³-hybridized carbons (Fsp3) is 0.250. The van der Waals surface area contributed by atoms with Gasteiger partial charge in [0.2, 0.25) is 0 Å². The summed E-state index contributed by atoms with van der Waals surface area (Å²) in [7, 11) is 0. The van der Waals surface area contributed by atoms with Crippen molar-refractivity contribution in [3.8, 4) is 0 Å². The minimum Gasteiger partial charge on any atom is -0.330 e. The van der Waals surface area contributed by atoms with E-state index in [1.807, 2.05) is 0 Å². The lowest BCUT2D eigenvalue weighted by molar-refractivity contribution is -0.123. The largest absolute Gasteiger partial charge is 0.330 e. The normalized spacial score (nSPS) is 19.4. The molecule has 0 spiro atoms. The minimum absolute atomic E-state index is 0.317. The lowest BCUT2D eigenvalue weighted by Gasteiger charge is -2.21. The van der Waals surface area contributed by atoms with Gasteiger partial charge in [-0.05, 0) is 31.2 Å². The Morgan fingerprint density at radius 3 is 2.88 bits per heavy atom. The molecule has 1 aromatic carbocycles. The van der Waals surface area contributed by atoms with E-state index in [0.717, 1.165) is 5.01 Å². The number of nitrogens with two attached hydrogens (primary N) is 1. The molecule has 5 N–H and O–H groups in total. The maximum atomic E-state index is 12.3. The number of amides is 4. The molecule has 8 nitrogen and oxygen atoms in total. The predicted octanol–water partition coefficient (Wildman–Crippen LogP) is 0.951. The van der Waals surface area contributed by atoms with E-state index in [0.29, 0.717) is 29.9 Å². The molecule has 9 heteroatoms. The van der Waals surface area contributed by atoms with Crippen LogP contribution in [0.25, 0.3) is 0 Å². The summed E-state index contributed by atoms with van der Waals surface area (Å²) in [6, 6.07) is 6.22. The summed E-state index contributed by atoms with van der Waals surface area (Å²) in [5.74, 6) is -0.784. The van der Waals surface area contributed by atoms with Gasteiger partial charge in [0.05, 0.1) is 5.01 Å². The summed E-state index contributed by atoms with van der Waals surface area (Å²) in [5.41, 5.74) is 5.70. The van der Waals surface area contributed by atoms with Crippen LogP contribution in [0.3, 0.4) is 0 Å². The van der Waals surface area contributed by atoms with E-state index in [1.54, 1.807) is 36.6 Å². The molecule has 1 unspecified atom stereocenters. The number of carbonyl (C=O) groups is 3. The van der Waals surface area contributed by atoms with Gasteiger partial charge in [-0.2, -0.15) is 0 Å². The lowest BCUT2D eigenvalue weighted by Crippen LogP contribution is -2.40. The van der Waals surface area contributed by atoms with Gasteiger partial charge in [-0.25, -0.2) is 9.78 Å². The summed E-state index contributed by atoms with van der Waals surface area (Å²) >= 11 is 1.38. The van der Waals surface area contributed by atoms with E-state index in [2.05, 4.69) is 20.9 Å². The first-order chi connectivity index (χ1) is 11.9. The van der Waals surface area contributed by atoms with Crippen LogP contribution in [0.15, 0.2) is 29.6 Å². The van der Waals surface area contributed by atoms with Crippen LogP contribution in [0.2, 0.25) is 0 Å². The zero-order valence-electron chi connectivity index (χ0n) is 13.5. The molecule has 2 aromatic rings. The second-order valence-corrected chi connectivity index (χ2v) is 6.68. The third-order valence-electron chi connectivity index (χ3n) is 3.89. The van der Waals surface area contributed by atoms with Crippen molar-refractivity contribution < 1.29 is 14.4 Å². The standard InChI is InChI=1S/C16H17N5O3S/c1-16(14(23)20-15(24)21-16)9-3-2-4-10(7-9)18-13(22)11-8-25-12(19-11)5-6-17/h2-4,7-8H,5-6,17H2,1H3,(H,18,22)(H2,20,21,23,24). The predicted molar refractivity (Wildman–Crippen MR) is 93.3 cm³/mol. The Balaban J connectivity index is 1.78. The van der Waals surface area contributed by atoms with Gasteiger partial charge in [-0.1, -0.05) is 12.1 Å². The number of rotatable bonds is 5. The van der Waals surface area contributed by atoms with Crippen molar-refractivity contribution in [3.05, 3.63) is 45.9 Å². The third kappa shape index (κ3) is 3.37. The second-order valence-electron chi connectivity index (χ2n) is 5.73. The number of aromatic nitrogens is 1. The Morgan fingerprint density at radius 1 is 1.40 bits per heavy atom. The molecule has 0 radical (unpaired) electrons. The van der Waals surface area contributed by atoms with E-state index >= 15 is 0 Å². The molecule has 3 rings (SSSR count). The van der Waals surface area contributed by atoms with Crippen LogP contribution in [-0.2, 0) is 16.8 Å². The van der Waals surface area contributed by atoms with Crippen molar-refractivity contribution in [2.24, 2.45) is 5.73 Å². The summed E-state index contributed by atoms with van der Waals surface area (Å²) in [5, 5.41) is 10.0. The number of nitrogens with zero attached hydrogens (tertiary/aromatic N) is 1. The summed E-state index contributed by atoms with van der Waals surface area (Å²) < 4.78 is 0. The highest BCUT2D eigenvalue weighted by atomic mass is 32.1. The summed E-state index contributed by atoms with van der Waals surface area (Å²) in [6.07, 6.45) is 0.626. The van der Waals surface area contributed by atoms with Gasteiger partial charge >= 0.3 is 6.03 Å². The van der Waals surface area contributed by atoms with Crippen LogP contribution in [0.5, 0.6) is 0 Å². The van der Waals surface area contributed by atoms with E-state index < -0.39 is 17.5 Å². The van der Waals surface area contributed by atoms with Crippen molar-refractivity contribution in [1.82, 2.24) is 15.6 Å². The Kier molecular flexibility index (Phi) is 4.51. The van der Waals surface area contributed by atoms with Crippen LogP contribution in [0.1, 0.15) is 28.0 Å². The first kappa shape index (κ1) is 17.1. The number of urea groups is 1. The topological polar surface area (TPSA) is 126 Å². The van der Waals surface area contributed by atoms with Gasteiger partial charge in [0.1, 0.15) is 11.2 Å². The number of hydrogen-bond acceptors (Lipinski definition) is 6. The number of benzene rings is 1. The SMILES string of the molecule is CC1(c2cccc(NC(=O)c3csc(CCN)n3)c2)NC(=O)NC1=O. The molecule has 0 saturated carbocycles. The third-order valence-corrected chi connectivity index (χ3v) is 4.79. The molecule has 1 aromatic heterocycles. The van der Waals surface area contributed by atoms with E-state index in [1.165, 1.54) is 11.3 Å². The highest BCUT2D eigenvalue weighted by Gasteiger charge is 2.43. The molecule has 0 aliphatic carbocycles. The molecule has 1 aliphatic rings. The quantitative estimate of drug-likeness (QED) is 0.591. The van der Waals surface area contributed by atoms with Crippen molar-refractivity contribution >= 4 is 34.9 Å². The molecule has 25 heavy (non-hydrogen) atoms. The van der Waals surface area contributed by atoms with Gasteiger partial charge in [-0.15, -0.1) is 11.3 Å². The first-order valence-electron chi connectivity index (χ1n) is 7.62. The van der Waals surface area contributed by atoms with Crippen molar-refractivity contribution in [2.75, 3.05) is 11.9 Å². The summed E-state index contributed by atoms with van der Waals surface area (Å²) in [4.78, 5) is 40.0. The van der Waals surface area contributed by atoms with Gasteiger partial charge in [-0.3, -0.25) is 14.9 Å². The number of imide groups is 1. The molecule has 4 amide bonds. The minimum atomic E-state index is -1.17. The van der Waals surface area contributed by atoms with Gasteiger partial charge in [0.25, 0.3) is 11.8 Å². The maximum absolute atomic E-state index is 12.3. The fourth-order valence-corrected chi connectivity index (χ4v) is 3.30. The molecule has 130 valence electrons. The van der Waals surface area contributed by atoms with Crippen LogP contribution < -0.4 is 21.7 Å². The number of anilines is 1. The maximum Gasteiger partial charge on any atom is 0.322 e. The van der Waals surface area contributed by atoms with Crippen molar-refractivity contribution in [3.63, 3.8) is 0 Å². The molecule has 0 bridgehead atoms. The lowest BCUT2D eigenvalue weighted by atomic mass is 9.92. The molecular weight excluding hydrogens is 342 g/mol. The Hall–Kier alpha value is -2.78. The van der Waals surface area contributed by atoms with Crippen molar-refractivity contribution in [1.29, 1.82) is 0 Å². The number of hydrogen-bond donors (Lipinski definition) is 4. The van der Waals surface area contributed by atoms with E-state index in [4.69, 9.17) is 5.73 Å². The van der Waals surface area contributed by atoms with Gasteiger partial charge < -0.3 is 16.4 Å². The summed E-state index contributed by atoms with van der Waals surface area (Å²) in [6.45, 7) is 2.08. The highest BCUT2D eigenvalue weighted by Crippen LogP contribution is 2.26. The zero-order valence-corrected chi connectivity index (χ0v) is 14.3. The smallest absolute Gasteiger partial charge is 0.322 e. The average molecular weight is 359 g/mol. The zero-order chi connectivity index (χ0) is 18.0. The Morgan fingerprint density at radius 2 is 2.20 bits per heavy atom. The molecular formula is C16H17N5O3S. The van der Waals surface area contributed by atoms with Crippen LogP contribution in [0.4, 0.5) is 10.5 Å². The number of carbonyl (C=O) groups excluding carboxylic acids is 3. The number of nitrogens with one attached hydrogen (secondary N) is 3.